The Kier molecular flexibility index (Phi) is 1.85. The van der Waals surface area contributed by atoms with E-state index in [1.807, 2.05) is 4.68 Å². The highest BCUT2D eigenvalue weighted by Crippen LogP contribution is 2.36. The van der Waals surface area contributed by atoms with Crippen molar-refractivity contribution in [1.82, 2.24) is 14.8 Å². The molecule has 1 saturated carbocycles. The van der Waals surface area contributed by atoms with E-state index in [0.717, 1.165) is 36.1 Å². The third-order valence-corrected chi connectivity index (χ3v) is 3.90. The number of fused-ring (bicyclic) bond motifs is 1. The minimum Gasteiger partial charge on any atom is -0.325 e. The van der Waals surface area contributed by atoms with Gasteiger partial charge < -0.3 is 5.73 Å². The van der Waals surface area contributed by atoms with Crippen LogP contribution < -0.4 is 5.73 Å². The van der Waals surface area contributed by atoms with Crippen LogP contribution in [0, 0.1) is 0 Å². The molecule has 2 N–H and O–H groups in total. The van der Waals surface area contributed by atoms with Crippen molar-refractivity contribution >= 4 is 11.8 Å². The van der Waals surface area contributed by atoms with Gasteiger partial charge in [-0.1, -0.05) is 11.8 Å². The summed E-state index contributed by atoms with van der Waals surface area (Å²) in [6.07, 6.45) is 4.34. The summed E-state index contributed by atoms with van der Waals surface area (Å²) in [5, 5.41) is 5.54. The first-order valence-corrected chi connectivity index (χ1v) is 6.09. The highest BCUT2D eigenvalue weighted by Gasteiger charge is 2.37. The molecule has 0 spiro atoms. The van der Waals surface area contributed by atoms with E-state index in [1.54, 1.807) is 11.8 Å². The number of rotatable bonds is 3. The number of nitrogens with two attached hydrogens (primary N) is 1. The van der Waals surface area contributed by atoms with Gasteiger partial charge in [0.1, 0.15) is 0 Å². The zero-order valence-electron chi connectivity index (χ0n) is 8.07. The van der Waals surface area contributed by atoms with Gasteiger partial charge in [0.25, 0.3) is 0 Å². The van der Waals surface area contributed by atoms with Crippen molar-refractivity contribution in [1.29, 1.82) is 0 Å². The van der Waals surface area contributed by atoms with Gasteiger partial charge in [-0.05, 0) is 19.3 Å². The Labute approximate surface area is 87.3 Å². The minimum absolute atomic E-state index is 0.128. The molecule has 0 bridgehead atoms. The maximum absolute atomic E-state index is 6.02. The molecule has 2 aliphatic rings. The average Bonchev–Trinajstić information content (AvgIpc) is 2.61. The lowest BCUT2D eigenvalue weighted by molar-refractivity contribution is 0.582. The van der Waals surface area contributed by atoms with Gasteiger partial charge >= 0.3 is 0 Å². The van der Waals surface area contributed by atoms with Gasteiger partial charge in [-0.15, -0.1) is 0 Å². The van der Waals surface area contributed by atoms with Crippen molar-refractivity contribution < 1.29 is 0 Å². The van der Waals surface area contributed by atoms with Crippen LogP contribution in [0.3, 0.4) is 0 Å². The van der Waals surface area contributed by atoms with E-state index in [9.17, 15) is 0 Å². The van der Waals surface area contributed by atoms with E-state index < -0.39 is 0 Å². The van der Waals surface area contributed by atoms with Gasteiger partial charge in [0.05, 0.1) is 6.54 Å². The first kappa shape index (κ1) is 8.73. The molecule has 2 heterocycles. The Morgan fingerprint density at radius 1 is 1.50 bits per heavy atom. The summed E-state index contributed by atoms with van der Waals surface area (Å²) < 4.78 is 2.01. The fourth-order valence-corrected chi connectivity index (χ4v) is 2.62. The summed E-state index contributed by atoms with van der Waals surface area (Å²) in [5.74, 6) is 2.10. The van der Waals surface area contributed by atoms with E-state index >= 15 is 0 Å². The molecule has 5 heteroatoms. The molecule has 1 aromatic heterocycles. The van der Waals surface area contributed by atoms with Crippen molar-refractivity contribution in [3.63, 3.8) is 0 Å². The number of aryl methyl sites for hydroxylation is 2. The molecule has 1 fully saturated rings. The van der Waals surface area contributed by atoms with Gasteiger partial charge in [-0.25, -0.2) is 9.67 Å². The predicted molar refractivity (Wildman–Crippen MR) is 55.2 cm³/mol. The van der Waals surface area contributed by atoms with Crippen molar-refractivity contribution in [2.75, 3.05) is 5.75 Å². The van der Waals surface area contributed by atoms with Crippen molar-refractivity contribution in [2.45, 2.75) is 42.9 Å². The molecule has 1 aliphatic heterocycles. The zero-order valence-corrected chi connectivity index (χ0v) is 8.89. The van der Waals surface area contributed by atoms with E-state index in [2.05, 4.69) is 10.1 Å². The summed E-state index contributed by atoms with van der Waals surface area (Å²) in [4.78, 5) is 4.48. The molecule has 3 rings (SSSR count). The van der Waals surface area contributed by atoms with Crippen LogP contribution in [0.15, 0.2) is 5.16 Å². The summed E-state index contributed by atoms with van der Waals surface area (Å²) in [5.41, 5.74) is 6.15. The van der Waals surface area contributed by atoms with Crippen LogP contribution in [0.5, 0.6) is 0 Å². The summed E-state index contributed by atoms with van der Waals surface area (Å²) in [7, 11) is 0. The highest BCUT2D eigenvalue weighted by molar-refractivity contribution is 7.99. The molecule has 0 aromatic carbocycles. The lowest BCUT2D eigenvalue weighted by atomic mass is 10.1. The van der Waals surface area contributed by atoms with Gasteiger partial charge in [-0.2, -0.15) is 5.10 Å². The van der Waals surface area contributed by atoms with Crippen LogP contribution in [-0.2, 0) is 13.0 Å². The van der Waals surface area contributed by atoms with E-state index in [-0.39, 0.29) is 5.54 Å². The topological polar surface area (TPSA) is 56.7 Å². The summed E-state index contributed by atoms with van der Waals surface area (Å²) >= 11 is 1.80. The monoisotopic (exact) mass is 210 g/mol. The number of aromatic nitrogens is 3. The molecule has 0 unspecified atom stereocenters. The summed E-state index contributed by atoms with van der Waals surface area (Å²) in [6.45, 7) is 1.01. The molecule has 0 amide bonds. The lowest BCUT2D eigenvalue weighted by Gasteiger charge is -2.04. The SMILES string of the molecule is NC1(CCc2nc3n(n2)CCS3)CC1. The van der Waals surface area contributed by atoms with Crippen LogP contribution in [0.2, 0.25) is 0 Å². The molecule has 1 aliphatic carbocycles. The van der Waals surface area contributed by atoms with Crippen LogP contribution in [0.1, 0.15) is 25.1 Å². The quantitative estimate of drug-likeness (QED) is 0.802. The molecule has 0 atom stereocenters. The third-order valence-electron chi connectivity index (χ3n) is 2.95. The molecule has 4 nitrogen and oxygen atoms in total. The summed E-state index contributed by atoms with van der Waals surface area (Å²) in [6, 6.07) is 0. The van der Waals surface area contributed by atoms with Crippen LogP contribution in [-0.4, -0.2) is 26.1 Å². The van der Waals surface area contributed by atoms with Crippen molar-refractivity contribution in [3.8, 4) is 0 Å². The number of hydrogen-bond acceptors (Lipinski definition) is 4. The first-order chi connectivity index (χ1) is 6.75. The second-order valence-electron chi connectivity index (χ2n) is 4.24. The maximum atomic E-state index is 6.02. The predicted octanol–water partition coefficient (Wildman–Crippen LogP) is 0.808. The molecule has 0 saturated heterocycles. The van der Waals surface area contributed by atoms with E-state index in [4.69, 9.17) is 5.73 Å². The maximum Gasteiger partial charge on any atom is 0.186 e. The van der Waals surface area contributed by atoms with Crippen LogP contribution >= 0.6 is 11.8 Å². The van der Waals surface area contributed by atoms with Crippen molar-refractivity contribution in [2.24, 2.45) is 5.73 Å². The molecule has 14 heavy (non-hydrogen) atoms. The van der Waals surface area contributed by atoms with E-state index in [1.165, 1.54) is 12.8 Å². The Balaban J connectivity index is 1.66. The minimum atomic E-state index is 0.128. The molecule has 76 valence electrons. The smallest absolute Gasteiger partial charge is 0.186 e. The van der Waals surface area contributed by atoms with Gasteiger partial charge in [0.2, 0.25) is 0 Å². The third kappa shape index (κ3) is 1.54. The Morgan fingerprint density at radius 3 is 3.07 bits per heavy atom. The van der Waals surface area contributed by atoms with Crippen molar-refractivity contribution in [3.05, 3.63) is 5.82 Å². The average molecular weight is 210 g/mol. The van der Waals surface area contributed by atoms with Gasteiger partial charge in [0, 0.05) is 17.7 Å². The van der Waals surface area contributed by atoms with Gasteiger partial charge in [0.15, 0.2) is 11.0 Å². The number of nitrogens with zero attached hydrogens (tertiary/aromatic N) is 3. The van der Waals surface area contributed by atoms with E-state index in [0.29, 0.717) is 0 Å². The first-order valence-electron chi connectivity index (χ1n) is 5.11. The number of thioether (sulfide) groups is 1. The van der Waals surface area contributed by atoms with Crippen LogP contribution in [0.25, 0.3) is 0 Å². The zero-order chi connectivity index (χ0) is 9.60. The molecular weight excluding hydrogens is 196 g/mol. The van der Waals surface area contributed by atoms with Gasteiger partial charge in [-0.3, -0.25) is 0 Å². The lowest BCUT2D eigenvalue weighted by Crippen LogP contribution is -2.22. The van der Waals surface area contributed by atoms with Crippen LogP contribution in [0.4, 0.5) is 0 Å². The second kappa shape index (κ2) is 2.97. The normalized spacial score (nSPS) is 22.4. The molecule has 0 radical (unpaired) electrons. The fourth-order valence-electron chi connectivity index (χ4n) is 1.73. The Hall–Kier alpha value is -0.550. The highest BCUT2D eigenvalue weighted by atomic mass is 32.2. The molecular formula is C9H14N4S. The number of hydrogen-bond donors (Lipinski definition) is 1. The standard InChI is InChI=1S/C9H14N4S/c10-9(3-4-9)2-1-7-11-8-13(12-7)5-6-14-8/h1-6,10H2. The molecule has 1 aromatic rings. The Bertz CT molecular complexity index is 334. The second-order valence-corrected chi connectivity index (χ2v) is 5.31. The fraction of sp³-hybridized carbons (Fsp3) is 0.778. The largest absolute Gasteiger partial charge is 0.325 e. The Morgan fingerprint density at radius 2 is 2.36 bits per heavy atom.